The molecule has 1 amide bonds. The van der Waals surface area contributed by atoms with Crippen LogP contribution in [-0.4, -0.2) is 107 Å². The van der Waals surface area contributed by atoms with Gasteiger partial charge in [0.15, 0.2) is 11.9 Å². The summed E-state index contributed by atoms with van der Waals surface area (Å²) in [6.07, 6.45) is 7.46. The molecule has 62 heavy (non-hydrogen) atoms. The van der Waals surface area contributed by atoms with Gasteiger partial charge in [0.2, 0.25) is 5.79 Å². The predicted octanol–water partition coefficient (Wildman–Crippen LogP) is 7.98. The zero-order valence-electron chi connectivity index (χ0n) is 39.7. The molecular weight excluding hydrogens is 795 g/mol. The maximum atomic E-state index is 14.7. The fourth-order valence-electron chi connectivity index (χ4n) is 11.2. The fraction of sp³-hybridized carbons (Fsp3) is 0.857. The highest BCUT2D eigenvalue weighted by atomic mass is 16.8. The standard InChI is InChI=1S/C49H81NO12/c1-13-26-50-45(54)59-39-21-23-48(62-49(39)25-24-46(12,61-49)38-20-22-47(55,17-5)34(11)57-38)31(8)28-30(7)43(60-48)36(16-4)41(52)32(9)40(51)33(10)42-29(6)18-19-37(58-42)35(15-3)44(53)56-27-14-2/h14,21,23,29-40,42-43,51,55H,2,13,15-20,22,24-28H2,1,3-12H3,(H,50,54)/t29-,30-,31+,32-,33-,34-,35+,36-,37+,38+,39+,40+,42+,43-,46-,47+,48-,49-/m0/s1. The van der Waals surface area contributed by atoms with E-state index in [0.29, 0.717) is 64.3 Å². The molecule has 0 bridgehead atoms. The van der Waals surface area contributed by atoms with Crippen molar-refractivity contribution in [1.29, 1.82) is 0 Å². The molecule has 18 atom stereocenters. The van der Waals surface area contributed by atoms with E-state index in [-0.39, 0.29) is 54.4 Å². The summed E-state index contributed by atoms with van der Waals surface area (Å²) in [6.45, 7) is 26.0. The van der Waals surface area contributed by atoms with Crippen molar-refractivity contribution < 1.29 is 57.8 Å². The molecule has 5 heterocycles. The number of nitrogens with one attached hydrogen (secondary N) is 1. The van der Waals surface area contributed by atoms with Crippen molar-refractivity contribution in [1.82, 2.24) is 5.32 Å². The normalized spacial score (nSPS) is 40.9. The van der Waals surface area contributed by atoms with E-state index >= 15 is 0 Å². The van der Waals surface area contributed by atoms with Gasteiger partial charge in [0, 0.05) is 36.6 Å². The molecule has 0 aromatic heterocycles. The van der Waals surface area contributed by atoms with E-state index in [1.807, 2.05) is 60.6 Å². The van der Waals surface area contributed by atoms with Gasteiger partial charge in [0.05, 0.1) is 53.7 Å². The monoisotopic (exact) mass is 876 g/mol. The maximum Gasteiger partial charge on any atom is 0.407 e. The molecule has 2 spiro atoms. The van der Waals surface area contributed by atoms with E-state index in [0.717, 1.165) is 12.8 Å². The van der Waals surface area contributed by atoms with Gasteiger partial charge in [-0.15, -0.1) is 0 Å². The number of carbonyl (C=O) groups is 3. The van der Waals surface area contributed by atoms with E-state index in [1.54, 1.807) is 13.0 Å². The van der Waals surface area contributed by atoms with Gasteiger partial charge in [0.25, 0.3) is 0 Å². The summed E-state index contributed by atoms with van der Waals surface area (Å²) < 4.78 is 46.0. The van der Waals surface area contributed by atoms with Crippen LogP contribution in [0.4, 0.5) is 4.79 Å². The number of esters is 1. The highest BCUT2D eigenvalue weighted by Crippen LogP contribution is 2.54. The van der Waals surface area contributed by atoms with Crippen molar-refractivity contribution in [2.45, 2.75) is 212 Å². The number of ether oxygens (including phenoxy) is 7. The number of rotatable bonds is 17. The molecule has 13 nitrogen and oxygen atoms in total. The Morgan fingerprint density at radius 2 is 1.65 bits per heavy atom. The summed E-state index contributed by atoms with van der Waals surface area (Å²) in [6, 6.07) is 0. The van der Waals surface area contributed by atoms with Crippen LogP contribution in [0.15, 0.2) is 24.8 Å². The summed E-state index contributed by atoms with van der Waals surface area (Å²) in [5.41, 5.74) is -1.74. The Kier molecular flexibility index (Phi) is 17.0. The minimum absolute atomic E-state index is 0.0217. The summed E-state index contributed by atoms with van der Waals surface area (Å²) >= 11 is 0. The van der Waals surface area contributed by atoms with Crippen LogP contribution in [0.2, 0.25) is 0 Å². The van der Waals surface area contributed by atoms with Crippen LogP contribution < -0.4 is 5.32 Å². The molecule has 4 fully saturated rings. The summed E-state index contributed by atoms with van der Waals surface area (Å²) in [5.74, 6) is -5.29. The number of hydrogen-bond donors (Lipinski definition) is 3. The van der Waals surface area contributed by atoms with Crippen LogP contribution in [0, 0.1) is 41.4 Å². The molecule has 354 valence electrons. The molecule has 0 aliphatic carbocycles. The molecule has 4 saturated heterocycles. The van der Waals surface area contributed by atoms with Gasteiger partial charge in [-0.3, -0.25) is 9.59 Å². The number of ketones is 1. The minimum Gasteiger partial charge on any atom is -0.461 e. The molecule has 0 radical (unpaired) electrons. The van der Waals surface area contributed by atoms with Gasteiger partial charge < -0.3 is 48.7 Å². The van der Waals surface area contributed by atoms with Crippen LogP contribution in [0.5, 0.6) is 0 Å². The van der Waals surface area contributed by atoms with E-state index in [9.17, 15) is 24.6 Å². The molecule has 5 rings (SSSR count). The van der Waals surface area contributed by atoms with Crippen LogP contribution in [0.25, 0.3) is 0 Å². The number of carbonyl (C=O) groups excluding carboxylic acids is 3. The third-order valence-electron chi connectivity index (χ3n) is 15.5. The van der Waals surface area contributed by atoms with E-state index in [4.69, 9.17) is 33.2 Å². The van der Waals surface area contributed by atoms with Crippen molar-refractivity contribution in [3.63, 3.8) is 0 Å². The van der Waals surface area contributed by atoms with Crippen molar-refractivity contribution in [2.75, 3.05) is 13.2 Å². The maximum absolute atomic E-state index is 14.7. The van der Waals surface area contributed by atoms with E-state index in [1.165, 1.54) is 0 Å². The zero-order valence-corrected chi connectivity index (χ0v) is 39.7. The Labute approximate surface area is 371 Å². The predicted molar refractivity (Wildman–Crippen MR) is 235 cm³/mol. The van der Waals surface area contributed by atoms with Crippen molar-refractivity contribution in [3.8, 4) is 0 Å². The second-order valence-electron chi connectivity index (χ2n) is 19.8. The number of hydrogen-bond acceptors (Lipinski definition) is 12. The van der Waals surface area contributed by atoms with Crippen molar-refractivity contribution in [3.05, 3.63) is 24.8 Å². The lowest BCUT2D eigenvalue weighted by atomic mass is 9.72. The lowest BCUT2D eigenvalue weighted by molar-refractivity contribution is -0.408. The number of Topliss-reactive ketones (excluding diaryl/α,β-unsaturated/α-hetero) is 1. The van der Waals surface area contributed by atoms with Crippen LogP contribution >= 0.6 is 0 Å². The summed E-state index contributed by atoms with van der Waals surface area (Å²) in [7, 11) is 0. The molecule has 3 N–H and O–H groups in total. The molecule has 0 saturated carbocycles. The largest absolute Gasteiger partial charge is 0.461 e. The second kappa shape index (κ2) is 20.8. The Balaban J connectivity index is 1.37. The molecule has 0 unspecified atom stereocenters. The highest BCUT2D eigenvalue weighted by molar-refractivity contribution is 5.84. The molecule has 5 aliphatic rings. The summed E-state index contributed by atoms with van der Waals surface area (Å²) in [4.78, 5) is 40.8. The Hall–Kier alpha value is -2.39. The lowest BCUT2D eigenvalue weighted by Gasteiger charge is -2.54. The lowest BCUT2D eigenvalue weighted by Crippen LogP contribution is -2.63. The average Bonchev–Trinajstić information content (AvgIpc) is 3.59. The second-order valence-corrected chi connectivity index (χ2v) is 19.8. The average molecular weight is 876 g/mol. The molecule has 13 heteroatoms. The van der Waals surface area contributed by atoms with E-state index < -0.39 is 77.0 Å². The van der Waals surface area contributed by atoms with E-state index in [2.05, 4.69) is 32.7 Å². The van der Waals surface area contributed by atoms with Crippen LogP contribution in [0.1, 0.15) is 147 Å². The smallest absolute Gasteiger partial charge is 0.407 e. The first-order chi connectivity index (χ1) is 29.3. The van der Waals surface area contributed by atoms with Gasteiger partial charge >= 0.3 is 12.1 Å². The first-order valence-corrected chi connectivity index (χ1v) is 24.0. The number of amides is 1. The first-order valence-electron chi connectivity index (χ1n) is 24.0. The minimum atomic E-state index is -1.42. The number of aliphatic hydroxyl groups excluding tert-OH is 1. The SMILES string of the molecule is C=CCOC(=O)[C@H](CC)[C@H]1CC[C@H](C)[C@H]([C@@H](C)[C@H](O)[C@H](C)C(=O)[C@H](CC)[C@H]2O[C@]3(C=C[C@@H](OC(=O)NCCC)[C@]4(CC[C@@](C)([C@H]5CC[C@](O)(CC)[C@H](C)O5)O4)O3)[C@H](C)C[C@@H]2C)O1. The van der Waals surface area contributed by atoms with Gasteiger partial charge in [-0.1, -0.05) is 75.0 Å². The molecule has 5 aliphatic heterocycles. The van der Waals surface area contributed by atoms with Crippen molar-refractivity contribution >= 4 is 17.8 Å². The van der Waals surface area contributed by atoms with Gasteiger partial charge in [-0.2, -0.15) is 0 Å². The third kappa shape index (κ3) is 10.3. The first kappa shape index (κ1) is 50.6. The highest BCUT2D eigenvalue weighted by Gasteiger charge is 2.64. The van der Waals surface area contributed by atoms with Gasteiger partial charge in [-0.25, -0.2) is 4.79 Å². The number of alkyl carbamates (subject to hydrolysis) is 1. The Bertz CT molecular complexity index is 1570. The topological polar surface area (TPSA) is 168 Å². The zero-order chi connectivity index (χ0) is 45.8. The van der Waals surface area contributed by atoms with Crippen molar-refractivity contribution in [2.24, 2.45) is 41.4 Å². The number of aliphatic hydroxyl groups is 2. The molecular formula is C49H81NO12. The fourth-order valence-corrected chi connectivity index (χ4v) is 11.2. The quantitative estimate of drug-likeness (QED) is 0.0954. The van der Waals surface area contributed by atoms with Gasteiger partial charge in [0.1, 0.15) is 12.4 Å². The Morgan fingerprint density at radius 1 is 0.935 bits per heavy atom. The third-order valence-corrected chi connectivity index (χ3v) is 15.5. The van der Waals surface area contributed by atoms with Crippen LogP contribution in [-0.2, 0) is 42.7 Å². The molecule has 0 aromatic rings. The molecule has 0 aromatic carbocycles. The van der Waals surface area contributed by atoms with Gasteiger partial charge in [-0.05, 0) is 102 Å². The Morgan fingerprint density at radius 3 is 2.27 bits per heavy atom. The summed E-state index contributed by atoms with van der Waals surface area (Å²) in [5, 5.41) is 26.0. The van der Waals surface area contributed by atoms with Crippen LogP contribution in [0.3, 0.4) is 0 Å².